The van der Waals surface area contributed by atoms with Crippen LogP contribution in [0.25, 0.3) is 17.0 Å². The summed E-state index contributed by atoms with van der Waals surface area (Å²) in [6, 6.07) is 5.57. The summed E-state index contributed by atoms with van der Waals surface area (Å²) in [6.45, 7) is 0.0175. The average Bonchev–Trinajstić information content (AvgIpc) is 2.98. The summed E-state index contributed by atoms with van der Waals surface area (Å²) in [5, 5.41) is 0.942. The molecule has 1 saturated heterocycles. The zero-order valence-electron chi connectivity index (χ0n) is 14.9. The van der Waals surface area contributed by atoms with Crippen molar-refractivity contribution in [3.05, 3.63) is 40.0 Å². The van der Waals surface area contributed by atoms with Crippen molar-refractivity contribution < 1.29 is 19.1 Å². The van der Waals surface area contributed by atoms with Crippen molar-refractivity contribution >= 4 is 68.0 Å². The number of carbonyl (C=O) groups is 3. The minimum Gasteiger partial charge on any atom is -0.468 e. The lowest BCUT2D eigenvalue weighted by atomic mass is 10.1. The third kappa shape index (κ3) is 3.40. The fraction of sp³-hybridized carbons (Fsp3) is 0.222. The van der Waals surface area contributed by atoms with Crippen molar-refractivity contribution in [2.45, 2.75) is 6.54 Å². The molecule has 0 radical (unpaired) electrons. The van der Waals surface area contributed by atoms with E-state index in [-0.39, 0.29) is 17.2 Å². The Morgan fingerprint density at radius 3 is 2.44 bits per heavy atom. The van der Waals surface area contributed by atoms with Gasteiger partial charge in [-0.05, 0) is 36.5 Å². The van der Waals surface area contributed by atoms with Crippen LogP contribution in [-0.4, -0.2) is 58.5 Å². The monoisotopic (exact) mass is 449 g/mol. The van der Waals surface area contributed by atoms with Gasteiger partial charge < -0.3 is 9.30 Å². The van der Waals surface area contributed by atoms with Gasteiger partial charge in [0, 0.05) is 41.2 Å². The van der Waals surface area contributed by atoms with Crippen molar-refractivity contribution in [3.63, 3.8) is 0 Å². The number of likely N-dealkylation sites (N-methyl/N-ethyl adjacent to an activating group) is 2. The van der Waals surface area contributed by atoms with Crippen molar-refractivity contribution in [1.29, 1.82) is 0 Å². The van der Waals surface area contributed by atoms with Crippen LogP contribution in [0.5, 0.6) is 0 Å². The van der Waals surface area contributed by atoms with E-state index in [1.165, 1.54) is 37.1 Å². The number of nitrogens with zero attached hydrogens (tertiary/aromatic N) is 3. The predicted molar refractivity (Wildman–Crippen MR) is 108 cm³/mol. The fourth-order valence-corrected chi connectivity index (χ4v) is 3.40. The number of methoxy groups -OCH3 is 1. The molecule has 2 amide bonds. The molecule has 0 saturated carbocycles. The van der Waals surface area contributed by atoms with Crippen LogP contribution in [0, 0.1) is 0 Å². The minimum atomic E-state index is -0.466. The molecule has 3 rings (SSSR count). The number of halogens is 1. The molecule has 2 aromatic rings. The molecule has 0 bridgehead atoms. The second-order valence-corrected chi connectivity index (χ2v) is 7.30. The van der Waals surface area contributed by atoms with E-state index in [1.54, 1.807) is 10.8 Å². The number of benzene rings is 1. The molecule has 0 aliphatic carbocycles. The van der Waals surface area contributed by atoms with Crippen LogP contribution in [0.1, 0.15) is 5.56 Å². The number of esters is 1. The Morgan fingerprint density at radius 1 is 1.22 bits per heavy atom. The summed E-state index contributed by atoms with van der Waals surface area (Å²) in [5.74, 6) is -1.33. The molecule has 1 fully saturated rings. The summed E-state index contributed by atoms with van der Waals surface area (Å²) in [6.07, 6.45) is 3.25. The van der Waals surface area contributed by atoms with E-state index in [2.05, 4.69) is 15.9 Å². The molecule has 0 spiro atoms. The van der Waals surface area contributed by atoms with E-state index in [1.807, 2.05) is 18.2 Å². The molecular formula is C18H16BrN3O4S. The Balaban J connectivity index is 2.16. The van der Waals surface area contributed by atoms with Crippen LogP contribution in [0.3, 0.4) is 0 Å². The summed E-state index contributed by atoms with van der Waals surface area (Å²) in [5.41, 5.74) is 1.43. The molecule has 1 aliphatic heterocycles. The van der Waals surface area contributed by atoms with Gasteiger partial charge in [0.05, 0.1) is 7.11 Å². The van der Waals surface area contributed by atoms with Crippen LogP contribution >= 0.6 is 28.1 Å². The van der Waals surface area contributed by atoms with Crippen molar-refractivity contribution in [1.82, 2.24) is 14.4 Å². The summed E-state index contributed by atoms with van der Waals surface area (Å²) in [7, 11) is 4.37. The van der Waals surface area contributed by atoms with Gasteiger partial charge in [-0.1, -0.05) is 15.9 Å². The summed E-state index contributed by atoms with van der Waals surface area (Å²) >= 11 is 8.53. The molecule has 0 N–H and O–H groups in total. The highest BCUT2D eigenvalue weighted by atomic mass is 79.9. The zero-order chi connectivity index (χ0) is 19.9. The smallest absolute Gasteiger partial charge is 0.325 e. The summed E-state index contributed by atoms with van der Waals surface area (Å²) in [4.78, 5) is 39.4. The number of fused-ring (bicyclic) bond motifs is 1. The third-order valence-electron chi connectivity index (χ3n) is 4.34. The van der Waals surface area contributed by atoms with Crippen molar-refractivity contribution in [2.75, 3.05) is 21.2 Å². The Labute approximate surface area is 169 Å². The molecule has 140 valence electrons. The maximum Gasteiger partial charge on any atom is 0.325 e. The Hall–Kier alpha value is -2.52. The molecular weight excluding hydrogens is 434 g/mol. The molecule has 7 nitrogen and oxygen atoms in total. The van der Waals surface area contributed by atoms with Gasteiger partial charge in [0.2, 0.25) is 0 Å². The van der Waals surface area contributed by atoms with Gasteiger partial charge in [0.25, 0.3) is 11.8 Å². The van der Waals surface area contributed by atoms with Crippen LogP contribution in [-0.2, 0) is 25.7 Å². The van der Waals surface area contributed by atoms with Gasteiger partial charge in [-0.2, -0.15) is 0 Å². The Morgan fingerprint density at radius 2 is 1.85 bits per heavy atom. The number of aromatic nitrogens is 1. The highest BCUT2D eigenvalue weighted by Gasteiger charge is 2.35. The molecule has 27 heavy (non-hydrogen) atoms. The number of hydrogen-bond acceptors (Lipinski definition) is 5. The molecule has 1 aromatic heterocycles. The molecule has 2 heterocycles. The van der Waals surface area contributed by atoms with Crippen LogP contribution < -0.4 is 0 Å². The molecule has 0 unspecified atom stereocenters. The molecule has 0 atom stereocenters. The second kappa shape index (κ2) is 7.24. The van der Waals surface area contributed by atoms with Gasteiger partial charge >= 0.3 is 5.97 Å². The first kappa shape index (κ1) is 19.2. The number of hydrogen-bond donors (Lipinski definition) is 0. The van der Waals surface area contributed by atoms with Gasteiger partial charge in [0.15, 0.2) is 5.11 Å². The van der Waals surface area contributed by atoms with E-state index in [0.717, 1.165) is 15.4 Å². The van der Waals surface area contributed by atoms with E-state index in [9.17, 15) is 14.4 Å². The average molecular weight is 450 g/mol. The molecule has 1 aliphatic rings. The number of rotatable bonds is 3. The lowest BCUT2D eigenvalue weighted by Gasteiger charge is -2.31. The van der Waals surface area contributed by atoms with Gasteiger partial charge in [-0.3, -0.25) is 24.2 Å². The first-order chi connectivity index (χ1) is 12.7. The van der Waals surface area contributed by atoms with Crippen molar-refractivity contribution in [3.8, 4) is 0 Å². The van der Waals surface area contributed by atoms with E-state index >= 15 is 0 Å². The number of thiocarbonyl (C=S) groups is 1. The van der Waals surface area contributed by atoms with Gasteiger partial charge in [-0.15, -0.1) is 0 Å². The molecule has 1 aromatic carbocycles. The molecule has 9 heteroatoms. The predicted octanol–water partition coefficient (Wildman–Crippen LogP) is 2.18. The van der Waals surface area contributed by atoms with Crippen LogP contribution in [0.4, 0.5) is 0 Å². The number of amides is 2. The minimum absolute atomic E-state index is 0.00527. The second-order valence-electron chi connectivity index (χ2n) is 6.02. The topological polar surface area (TPSA) is 71.8 Å². The lowest BCUT2D eigenvalue weighted by molar-refractivity contribution is -0.141. The van der Waals surface area contributed by atoms with Crippen molar-refractivity contribution in [2.24, 2.45) is 0 Å². The zero-order valence-corrected chi connectivity index (χ0v) is 17.3. The quantitative estimate of drug-likeness (QED) is 0.310. The maximum atomic E-state index is 12.6. The first-order valence-corrected chi connectivity index (χ1v) is 9.11. The Bertz CT molecular complexity index is 1000. The van der Waals surface area contributed by atoms with Gasteiger partial charge in [-0.25, -0.2) is 0 Å². The highest BCUT2D eigenvalue weighted by Crippen LogP contribution is 2.28. The Kier molecular flexibility index (Phi) is 5.16. The number of carbonyl (C=O) groups excluding carboxylic acids is 3. The van der Waals surface area contributed by atoms with Crippen LogP contribution in [0.2, 0.25) is 0 Å². The largest absolute Gasteiger partial charge is 0.468 e. The number of ether oxygens (including phenoxy) is 1. The van der Waals surface area contributed by atoms with Gasteiger partial charge in [0.1, 0.15) is 12.1 Å². The summed E-state index contributed by atoms with van der Waals surface area (Å²) < 4.78 is 7.29. The SMILES string of the molecule is COC(=O)Cn1cc(C=C2C(=O)N(C)C(=S)N(C)C2=O)c2cc(Br)ccc21. The highest BCUT2D eigenvalue weighted by molar-refractivity contribution is 9.10. The van der Waals surface area contributed by atoms with E-state index < -0.39 is 17.8 Å². The lowest BCUT2D eigenvalue weighted by Crippen LogP contribution is -2.52. The fourth-order valence-electron chi connectivity index (χ4n) is 2.88. The maximum absolute atomic E-state index is 12.6. The van der Waals surface area contributed by atoms with Crippen LogP contribution in [0.15, 0.2) is 34.4 Å². The standard InChI is InChI=1S/C18H16BrN3O4S/c1-20-16(24)13(17(25)21(2)18(20)27)6-10-8-22(9-15(23)26-3)14-5-4-11(19)7-12(10)14/h4-8H,9H2,1-3H3. The van der Waals surface area contributed by atoms with E-state index in [4.69, 9.17) is 17.0 Å². The third-order valence-corrected chi connectivity index (χ3v) is 5.39. The normalized spacial score (nSPS) is 15.0. The van der Waals surface area contributed by atoms with E-state index in [0.29, 0.717) is 5.56 Å². The first-order valence-electron chi connectivity index (χ1n) is 7.91.